The van der Waals surface area contributed by atoms with E-state index >= 15 is 0 Å². The molecule has 5 heteroatoms. The summed E-state index contributed by atoms with van der Waals surface area (Å²) in [4.78, 5) is 0. The summed E-state index contributed by atoms with van der Waals surface area (Å²) in [5.41, 5.74) is 0. The van der Waals surface area contributed by atoms with Crippen LogP contribution in [0.1, 0.15) is 0 Å². The third kappa shape index (κ3) is 19.6. The summed E-state index contributed by atoms with van der Waals surface area (Å²) in [5, 5.41) is 0. The molecule has 0 aliphatic rings. The molecule has 0 unspecified atom stereocenters. The third-order valence-corrected chi connectivity index (χ3v) is 0. The molecule has 0 saturated heterocycles. The second-order valence-corrected chi connectivity index (χ2v) is 0. The molecule has 0 bridgehead atoms. The molecule has 0 atom stereocenters. The zero-order chi connectivity index (χ0) is 0. The van der Waals surface area contributed by atoms with Gasteiger partial charge in [-0.25, -0.2) is 0 Å². The van der Waals surface area contributed by atoms with E-state index in [4.69, 9.17) is 0 Å². The fourth-order valence-electron chi connectivity index (χ4n) is 0. The van der Waals surface area contributed by atoms with Crippen LogP contribution >= 0.6 is 0 Å². The minimum absolute atomic E-state index is 0. The molecular formula is H2CuFeMgMnZn. The van der Waals surface area contributed by atoms with E-state index < -0.39 is 0 Å². The molecule has 0 aromatic heterocycles. The van der Waals surface area contributed by atoms with Crippen LogP contribution < -0.4 is 0 Å². The Morgan fingerprint density at radius 3 is 1.00 bits per heavy atom. The number of rotatable bonds is 0. The van der Waals surface area contributed by atoms with Gasteiger partial charge in [-0.3, -0.25) is 0 Å². The normalized spacial score (nSPS) is 0. The Kier molecular flexibility index (Phi) is 250. The summed E-state index contributed by atoms with van der Waals surface area (Å²) in [6.45, 7) is 0. The van der Waals surface area contributed by atoms with Gasteiger partial charge in [0.1, 0.15) is 0 Å². The minimum atomic E-state index is 0. The van der Waals surface area contributed by atoms with E-state index in [2.05, 4.69) is 0 Å². The van der Waals surface area contributed by atoms with Crippen LogP contribution in [0.25, 0.3) is 0 Å². The summed E-state index contributed by atoms with van der Waals surface area (Å²) in [5.74, 6) is 0. The first-order valence-corrected chi connectivity index (χ1v) is 0. The molecule has 0 fully saturated rings. The van der Waals surface area contributed by atoms with Crippen molar-refractivity contribution in [3.05, 3.63) is 0 Å². The number of hydrogen-bond donors (Lipinski definition) is 0. The van der Waals surface area contributed by atoms with Crippen molar-refractivity contribution in [3.63, 3.8) is 0 Å². The maximum atomic E-state index is 0. The van der Waals surface area contributed by atoms with Crippen molar-refractivity contribution in [2.24, 2.45) is 0 Å². The average molecular weight is 266 g/mol. The first-order valence-electron chi connectivity index (χ1n) is 0. The van der Waals surface area contributed by atoms with Gasteiger partial charge in [-0.05, 0) is 0 Å². The van der Waals surface area contributed by atoms with Crippen LogP contribution in [0.2, 0.25) is 0 Å². The van der Waals surface area contributed by atoms with Crippen LogP contribution in [-0.2, 0) is 70.7 Å². The molecule has 0 saturated carbocycles. The van der Waals surface area contributed by atoms with Gasteiger partial charge in [0.05, 0.1) is 0 Å². The number of hydrogen-bond acceptors (Lipinski definition) is 0. The molecule has 0 amide bonds. The summed E-state index contributed by atoms with van der Waals surface area (Å²) >= 11 is 0. The van der Waals surface area contributed by atoms with Crippen molar-refractivity contribution in [3.8, 4) is 0 Å². The van der Waals surface area contributed by atoms with Crippen molar-refractivity contribution in [2.75, 3.05) is 0 Å². The Morgan fingerprint density at radius 2 is 1.00 bits per heavy atom. The molecular weight excluding hydrogens is 264 g/mol. The second-order valence-electron chi connectivity index (χ2n) is 0. The first-order chi connectivity index (χ1) is 0. The average Bonchev–Trinajstić information content (AvgIpc) is 0. The Hall–Kier alpha value is 2.95. The van der Waals surface area contributed by atoms with Gasteiger partial charge in [-0.15, -0.1) is 0 Å². The predicted molar refractivity (Wildman–Crippen MR) is 8.54 cm³/mol. The fraction of sp³-hybridized carbons (Fsp3) is 0. The second kappa shape index (κ2) is 28.3. The summed E-state index contributed by atoms with van der Waals surface area (Å²) in [6, 6.07) is 0. The van der Waals surface area contributed by atoms with E-state index in [1.165, 1.54) is 0 Å². The van der Waals surface area contributed by atoms with Crippen LogP contribution in [0, 0.1) is 0 Å². The zero-order valence-electron chi connectivity index (χ0n) is 1.74. The largest absolute Gasteiger partial charge is 0.316 e. The van der Waals surface area contributed by atoms with E-state index in [-0.39, 0.29) is 93.7 Å². The first kappa shape index (κ1) is 44.1. The standard InChI is InChI=1S/Cu.Fe.Mg.Mn.Zn.2H. The smallest absolute Gasteiger partial charge is 0 e. The van der Waals surface area contributed by atoms with Crippen LogP contribution in [0.3, 0.4) is 0 Å². The van der Waals surface area contributed by atoms with Gasteiger partial charge in [0.25, 0.3) is 0 Å². The van der Waals surface area contributed by atoms with Crippen molar-refractivity contribution in [1.82, 2.24) is 0 Å². The van der Waals surface area contributed by atoms with Crippen LogP contribution in [-0.4, -0.2) is 23.1 Å². The predicted octanol–water partition coefficient (Wildman–Crippen LogP) is -0.926. The van der Waals surface area contributed by atoms with Crippen LogP contribution in [0.15, 0.2) is 0 Å². The summed E-state index contributed by atoms with van der Waals surface area (Å²) < 4.78 is 0. The quantitative estimate of drug-likeness (QED) is 0.497. The molecule has 32 valence electrons. The van der Waals surface area contributed by atoms with E-state index in [0.717, 1.165) is 0 Å². The molecule has 0 nitrogen and oxygen atoms in total. The molecule has 0 heterocycles. The Balaban J connectivity index is 0. The molecule has 0 aromatic rings. The van der Waals surface area contributed by atoms with Crippen LogP contribution in [0.4, 0.5) is 0 Å². The molecule has 0 spiro atoms. The van der Waals surface area contributed by atoms with Gasteiger partial charge in [0, 0.05) is 70.7 Å². The summed E-state index contributed by atoms with van der Waals surface area (Å²) in [7, 11) is 0. The van der Waals surface area contributed by atoms with Gasteiger partial charge in [0.15, 0.2) is 0 Å². The maximum Gasteiger partial charge on any atom is 0.316 e. The van der Waals surface area contributed by atoms with Crippen molar-refractivity contribution < 1.29 is 70.7 Å². The minimum Gasteiger partial charge on any atom is 0 e. The SMILES string of the molecule is [Cu].[Fe].[MgH2].[Mn].[Zn]. The van der Waals surface area contributed by atoms with Gasteiger partial charge < -0.3 is 0 Å². The summed E-state index contributed by atoms with van der Waals surface area (Å²) in [6.07, 6.45) is 0. The van der Waals surface area contributed by atoms with E-state index in [1.807, 2.05) is 0 Å². The molecule has 0 aliphatic heterocycles. The monoisotopic (exact) mass is 264 g/mol. The van der Waals surface area contributed by atoms with Gasteiger partial charge in [-0.1, -0.05) is 0 Å². The zero-order valence-corrected chi connectivity index (χ0v) is 7.93. The van der Waals surface area contributed by atoms with Crippen LogP contribution in [0.5, 0.6) is 0 Å². The van der Waals surface area contributed by atoms with Gasteiger partial charge in [-0.2, -0.15) is 0 Å². The topological polar surface area (TPSA) is 0 Å². The van der Waals surface area contributed by atoms with E-state index in [1.54, 1.807) is 0 Å². The van der Waals surface area contributed by atoms with E-state index in [0.29, 0.717) is 0 Å². The van der Waals surface area contributed by atoms with Crippen molar-refractivity contribution >= 4 is 23.1 Å². The maximum absolute atomic E-state index is 0. The molecule has 2 radical (unpaired) electrons. The molecule has 0 rings (SSSR count). The van der Waals surface area contributed by atoms with Gasteiger partial charge in [0.2, 0.25) is 0 Å². The van der Waals surface area contributed by atoms with Crippen molar-refractivity contribution in [1.29, 1.82) is 0 Å². The molecule has 0 aromatic carbocycles. The third-order valence-electron chi connectivity index (χ3n) is 0. The molecule has 5 heavy (non-hydrogen) atoms. The van der Waals surface area contributed by atoms with Crippen molar-refractivity contribution in [2.45, 2.75) is 0 Å². The Labute approximate surface area is 92.3 Å². The Bertz CT molecular complexity index is 11.6. The molecule has 0 aliphatic carbocycles. The Morgan fingerprint density at radius 1 is 1.00 bits per heavy atom. The fourth-order valence-corrected chi connectivity index (χ4v) is 0. The molecule has 0 N–H and O–H groups in total. The van der Waals surface area contributed by atoms with E-state index in [9.17, 15) is 0 Å². The van der Waals surface area contributed by atoms with Gasteiger partial charge >= 0.3 is 23.1 Å².